The third-order valence-electron chi connectivity index (χ3n) is 6.01. The van der Waals surface area contributed by atoms with Gasteiger partial charge in [-0.05, 0) is 50.1 Å². The number of pyridine rings is 1. The number of hydrogen-bond acceptors (Lipinski definition) is 6. The molecule has 1 N–H and O–H groups in total. The van der Waals surface area contributed by atoms with Crippen molar-refractivity contribution in [1.29, 1.82) is 0 Å². The number of ether oxygens (including phenoxy) is 2. The van der Waals surface area contributed by atoms with Crippen LogP contribution in [0.1, 0.15) is 32.7 Å². The first-order valence-electron chi connectivity index (χ1n) is 10.8. The van der Waals surface area contributed by atoms with E-state index in [9.17, 15) is 13.2 Å². The molecule has 1 amide bonds. The summed E-state index contributed by atoms with van der Waals surface area (Å²) >= 11 is 0. The van der Waals surface area contributed by atoms with E-state index < -0.39 is 15.9 Å². The highest BCUT2D eigenvalue weighted by Crippen LogP contribution is 2.34. The van der Waals surface area contributed by atoms with Crippen molar-refractivity contribution in [3.63, 3.8) is 0 Å². The molecule has 3 aromatic rings. The maximum Gasteiger partial charge on any atom is 0.264 e. The predicted octanol–water partition coefficient (Wildman–Crippen LogP) is 3.40. The Hall–Kier alpha value is -3.59. The minimum absolute atomic E-state index is 0.0291. The van der Waals surface area contributed by atoms with Crippen LogP contribution in [0, 0.1) is 13.8 Å². The largest absolute Gasteiger partial charge is 0.496 e. The quantitative estimate of drug-likeness (QED) is 0.556. The summed E-state index contributed by atoms with van der Waals surface area (Å²) in [6.07, 6.45) is 2.33. The number of sulfonamides is 1. The minimum Gasteiger partial charge on any atom is -0.496 e. The number of nitrogens with one attached hydrogen (secondary N) is 1. The van der Waals surface area contributed by atoms with Crippen molar-refractivity contribution in [2.75, 3.05) is 25.1 Å². The van der Waals surface area contributed by atoms with E-state index >= 15 is 0 Å². The second-order valence-electron chi connectivity index (χ2n) is 8.05. The van der Waals surface area contributed by atoms with Gasteiger partial charge < -0.3 is 14.8 Å². The predicted molar refractivity (Wildman–Crippen MR) is 129 cm³/mol. The van der Waals surface area contributed by atoms with Gasteiger partial charge >= 0.3 is 0 Å². The van der Waals surface area contributed by atoms with Gasteiger partial charge in [0.25, 0.3) is 15.9 Å². The second kappa shape index (κ2) is 9.34. The topological polar surface area (TPSA) is 97.8 Å². The maximum atomic E-state index is 13.4. The van der Waals surface area contributed by atoms with E-state index in [1.807, 2.05) is 32.0 Å². The van der Waals surface area contributed by atoms with Crippen molar-refractivity contribution in [1.82, 2.24) is 10.3 Å². The van der Waals surface area contributed by atoms with Crippen LogP contribution in [0.5, 0.6) is 11.5 Å². The number of fused-ring (bicyclic) bond motifs is 1. The molecule has 2 heterocycles. The zero-order valence-electron chi connectivity index (χ0n) is 19.6. The van der Waals surface area contributed by atoms with Crippen molar-refractivity contribution in [2.45, 2.75) is 31.7 Å². The average Bonchev–Trinajstić information content (AvgIpc) is 3.28. The van der Waals surface area contributed by atoms with E-state index in [4.69, 9.17) is 9.47 Å². The van der Waals surface area contributed by atoms with Gasteiger partial charge in [-0.3, -0.25) is 14.1 Å². The molecular weight excluding hydrogens is 454 g/mol. The fourth-order valence-electron chi connectivity index (χ4n) is 4.22. The Bertz CT molecular complexity index is 1350. The molecule has 0 saturated carbocycles. The zero-order valence-corrected chi connectivity index (χ0v) is 20.4. The van der Waals surface area contributed by atoms with E-state index in [-0.39, 0.29) is 22.8 Å². The summed E-state index contributed by atoms with van der Waals surface area (Å²) in [5.41, 5.74) is 4.17. The van der Waals surface area contributed by atoms with Crippen LogP contribution in [0.4, 0.5) is 5.69 Å². The van der Waals surface area contributed by atoms with Gasteiger partial charge in [-0.1, -0.05) is 18.2 Å². The highest BCUT2D eigenvalue weighted by atomic mass is 32.2. The summed E-state index contributed by atoms with van der Waals surface area (Å²) in [7, 11) is -0.823. The Morgan fingerprint density at radius 2 is 1.88 bits per heavy atom. The van der Waals surface area contributed by atoms with Crippen LogP contribution in [0.3, 0.4) is 0 Å². The first kappa shape index (κ1) is 23.6. The van der Waals surface area contributed by atoms with Crippen LogP contribution in [0.15, 0.2) is 53.6 Å². The Morgan fingerprint density at radius 1 is 1.12 bits per heavy atom. The Balaban J connectivity index is 1.61. The van der Waals surface area contributed by atoms with Gasteiger partial charge in [-0.15, -0.1) is 0 Å². The van der Waals surface area contributed by atoms with Gasteiger partial charge in [0.2, 0.25) is 0 Å². The molecule has 2 aromatic carbocycles. The number of aryl methyl sites for hydroxylation is 1. The molecule has 1 aliphatic heterocycles. The van der Waals surface area contributed by atoms with Crippen LogP contribution in [0.2, 0.25) is 0 Å². The zero-order chi connectivity index (χ0) is 24.5. The van der Waals surface area contributed by atoms with Crippen LogP contribution >= 0.6 is 0 Å². The van der Waals surface area contributed by atoms with E-state index in [2.05, 4.69) is 10.3 Å². The summed E-state index contributed by atoms with van der Waals surface area (Å²) in [6.45, 7) is 4.29. The van der Waals surface area contributed by atoms with Gasteiger partial charge in [0.1, 0.15) is 11.5 Å². The number of nitrogens with zero attached hydrogens (tertiary/aromatic N) is 2. The SMILES string of the molecule is COc1ccc(S(=O)(=O)N2CCc3ccccc32)cc1C(=O)NCc1ncc(C)c(OC)c1C. The molecule has 9 heteroatoms. The monoisotopic (exact) mass is 481 g/mol. The second-order valence-corrected chi connectivity index (χ2v) is 9.91. The molecule has 0 aliphatic carbocycles. The van der Waals surface area contributed by atoms with Gasteiger partial charge in [0.05, 0.1) is 42.6 Å². The molecule has 4 rings (SSSR count). The molecular formula is C25H27N3O5S. The molecule has 0 fully saturated rings. The van der Waals surface area contributed by atoms with Crippen molar-refractivity contribution >= 4 is 21.6 Å². The van der Waals surface area contributed by atoms with Gasteiger partial charge in [0.15, 0.2) is 0 Å². The number of carbonyl (C=O) groups excluding carboxylic acids is 1. The number of anilines is 1. The lowest BCUT2D eigenvalue weighted by Gasteiger charge is -2.20. The third kappa shape index (κ3) is 4.19. The molecule has 0 spiro atoms. The summed E-state index contributed by atoms with van der Waals surface area (Å²) < 4.78 is 39.0. The van der Waals surface area contributed by atoms with Crippen LogP contribution in [-0.2, 0) is 23.0 Å². The molecule has 0 saturated heterocycles. The van der Waals surface area contributed by atoms with E-state index in [0.717, 1.165) is 22.4 Å². The fourth-order valence-corrected chi connectivity index (χ4v) is 5.75. The molecule has 8 nitrogen and oxygen atoms in total. The number of hydrogen-bond donors (Lipinski definition) is 1. The lowest BCUT2D eigenvalue weighted by molar-refractivity contribution is 0.0947. The number of methoxy groups -OCH3 is 2. The summed E-state index contributed by atoms with van der Waals surface area (Å²) in [5.74, 6) is 0.539. The first-order valence-corrected chi connectivity index (χ1v) is 12.3. The summed E-state index contributed by atoms with van der Waals surface area (Å²) in [6, 6.07) is 11.8. The third-order valence-corrected chi connectivity index (χ3v) is 7.82. The molecule has 0 atom stereocenters. The molecule has 0 radical (unpaired) electrons. The number of amides is 1. The minimum atomic E-state index is -3.85. The van der Waals surface area contributed by atoms with Gasteiger partial charge in [-0.25, -0.2) is 8.42 Å². The highest BCUT2D eigenvalue weighted by Gasteiger charge is 2.31. The lowest BCUT2D eigenvalue weighted by Crippen LogP contribution is -2.30. The smallest absolute Gasteiger partial charge is 0.264 e. The van der Waals surface area contributed by atoms with Crippen molar-refractivity contribution in [3.05, 3.63) is 76.6 Å². The molecule has 34 heavy (non-hydrogen) atoms. The van der Waals surface area contributed by atoms with Crippen molar-refractivity contribution < 1.29 is 22.7 Å². The molecule has 0 bridgehead atoms. The lowest BCUT2D eigenvalue weighted by atomic mass is 10.1. The molecule has 0 unspecified atom stereocenters. The van der Waals surface area contributed by atoms with E-state index in [0.29, 0.717) is 24.3 Å². The molecule has 1 aliphatic rings. The normalized spacial score (nSPS) is 12.9. The number of para-hydroxylation sites is 1. The van der Waals surface area contributed by atoms with Crippen molar-refractivity contribution in [2.24, 2.45) is 0 Å². The molecule has 178 valence electrons. The summed E-state index contributed by atoms with van der Waals surface area (Å²) in [5, 5.41) is 2.82. The Morgan fingerprint density at radius 3 is 2.62 bits per heavy atom. The number of rotatable bonds is 7. The van der Waals surface area contributed by atoms with Crippen molar-refractivity contribution in [3.8, 4) is 11.5 Å². The number of benzene rings is 2. The summed E-state index contributed by atoms with van der Waals surface area (Å²) in [4.78, 5) is 17.5. The van der Waals surface area contributed by atoms with Gasteiger partial charge in [-0.2, -0.15) is 0 Å². The standard InChI is InChI=1S/C25H27N3O5S/c1-16-14-26-21(17(2)24(16)33-4)15-27-25(29)20-13-19(9-10-23(20)32-3)34(30,31)28-12-11-18-7-5-6-8-22(18)28/h5-10,13-14H,11-12,15H2,1-4H3,(H,27,29). The van der Waals surface area contributed by atoms with Crippen LogP contribution in [0.25, 0.3) is 0 Å². The Labute approximate surface area is 199 Å². The fraction of sp³-hybridized carbons (Fsp3) is 0.280. The van der Waals surface area contributed by atoms with Gasteiger partial charge in [0, 0.05) is 23.9 Å². The van der Waals surface area contributed by atoms with Crippen LogP contribution < -0.4 is 19.1 Å². The van der Waals surface area contributed by atoms with E-state index in [1.165, 1.54) is 29.6 Å². The maximum absolute atomic E-state index is 13.4. The number of carbonyl (C=O) groups is 1. The molecule has 1 aromatic heterocycles. The Kier molecular flexibility index (Phi) is 6.47. The highest BCUT2D eigenvalue weighted by molar-refractivity contribution is 7.92. The van der Waals surface area contributed by atoms with E-state index in [1.54, 1.807) is 19.4 Å². The van der Waals surface area contributed by atoms with Crippen LogP contribution in [-0.4, -0.2) is 40.1 Å². The number of aromatic nitrogens is 1. The first-order chi connectivity index (χ1) is 16.3. The average molecular weight is 482 g/mol.